The Morgan fingerprint density at radius 2 is 1.62 bits per heavy atom. The van der Waals surface area contributed by atoms with E-state index in [1.165, 1.54) is 6.07 Å². The molecule has 1 amide bonds. The van der Waals surface area contributed by atoms with Crippen molar-refractivity contribution in [2.75, 3.05) is 16.6 Å². The summed E-state index contributed by atoms with van der Waals surface area (Å²) in [5.74, 6) is 0.278. The number of para-hydroxylation sites is 1. The molecule has 0 bridgehead atoms. The molecular weight excluding hydrogens is 388 g/mol. The SMILES string of the molecule is CCOc1ccc(NS(=O)(=O)c2cc(C(=O)Nc3ccccc3)ccc2C)cc1. The topological polar surface area (TPSA) is 84.5 Å². The maximum absolute atomic E-state index is 12.9. The average molecular weight is 410 g/mol. The molecule has 0 aliphatic rings. The highest BCUT2D eigenvalue weighted by Gasteiger charge is 2.19. The number of carbonyl (C=O) groups is 1. The molecule has 0 saturated carbocycles. The fraction of sp³-hybridized carbons (Fsp3) is 0.136. The highest BCUT2D eigenvalue weighted by atomic mass is 32.2. The lowest BCUT2D eigenvalue weighted by molar-refractivity contribution is 0.102. The largest absolute Gasteiger partial charge is 0.494 e. The van der Waals surface area contributed by atoms with Crippen LogP contribution in [-0.4, -0.2) is 20.9 Å². The van der Waals surface area contributed by atoms with Crippen LogP contribution in [-0.2, 0) is 10.0 Å². The van der Waals surface area contributed by atoms with Crippen molar-refractivity contribution in [1.82, 2.24) is 0 Å². The van der Waals surface area contributed by atoms with Gasteiger partial charge in [0.15, 0.2) is 0 Å². The van der Waals surface area contributed by atoms with Crippen molar-refractivity contribution in [2.45, 2.75) is 18.7 Å². The van der Waals surface area contributed by atoms with Crippen LogP contribution >= 0.6 is 0 Å². The number of anilines is 2. The standard InChI is InChI=1S/C22H22N2O4S/c1-3-28-20-13-11-19(12-14-20)24-29(26,27)21-15-17(10-9-16(21)2)22(25)23-18-7-5-4-6-8-18/h4-15,24H,3H2,1-2H3,(H,23,25). The minimum Gasteiger partial charge on any atom is -0.494 e. The maximum Gasteiger partial charge on any atom is 0.262 e. The molecule has 0 saturated heterocycles. The Morgan fingerprint density at radius 3 is 2.28 bits per heavy atom. The van der Waals surface area contributed by atoms with Gasteiger partial charge in [0.25, 0.3) is 15.9 Å². The Bertz CT molecular complexity index is 1100. The van der Waals surface area contributed by atoms with Crippen LogP contribution in [0.4, 0.5) is 11.4 Å². The van der Waals surface area contributed by atoms with E-state index in [1.54, 1.807) is 67.6 Å². The van der Waals surface area contributed by atoms with Crippen molar-refractivity contribution in [2.24, 2.45) is 0 Å². The van der Waals surface area contributed by atoms with Crippen molar-refractivity contribution >= 4 is 27.3 Å². The number of hydrogen-bond acceptors (Lipinski definition) is 4. The molecule has 0 atom stereocenters. The van der Waals surface area contributed by atoms with E-state index in [1.807, 2.05) is 13.0 Å². The molecule has 0 aliphatic carbocycles. The first kappa shape index (κ1) is 20.4. The van der Waals surface area contributed by atoms with E-state index < -0.39 is 10.0 Å². The van der Waals surface area contributed by atoms with Crippen LogP contribution in [0.5, 0.6) is 5.75 Å². The molecule has 0 fully saturated rings. The van der Waals surface area contributed by atoms with Gasteiger partial charge < -0.3 is 10.1 Å². The summed E-state index contributed by atoms with van der Waals surface area (Å²) in [7, 11) is -3.87. The number of sulfonamides is 1. The summed E-state index contributed by atoms with van der Waals surface area (Å²) in [5.41, 5.74) is 1.84. The minimum atomic E-state index is -3.87. The summed E-state index contributed by atoms with van der Waals surface area (Å²) < 4.78 is 33.7. The van der Waals surface area contributed by atoms with Gasteiger partial charge >= 0.3 is 0 Å². The Morgan fingerprint density at radius 1 is 0.931 bits per heavy atom. The predicted molar refractivity (Wildman–Crippen MR) is 114 cm³/mol. The van der Waals surface area contributed by atoms with Gasteiger partial charge in [-0.25, -0.2) is 8.42 Å². The second-order valence-corrected chi connectivity index (χ2v) is 8.01. The predicted octanol–water partition coefficient (Wildman–Crippen LogP) is 4.45. The van der Waals surface area contributed by atoms with Crippen LogP contribution in [0, 0.1) is 6.92 Å². The summed E-state index contributed by atoms with van der Waals surface area (Å²) in [6.45, 7) is 4.09. The van der Waals surface area contributed by atoms with Crippen LogP contribution in [0.1, 0.15) is 22.8 Å². The van der Waals surface area contributed by atoms with Gasteiger partial charge in [-0.1, -0.05) is 24.3 Å². The highest BCUT2D eigenvalue weighted by Crippen LogP contribution is 2.23. The van der Waals surface area contributed by atoms with Gasteiger partial charge in [0, 0.05) is 16.9 Å². The zero-order valence-electron chi connectivity index (χ0n) is 16.2. The van der Waals surface area contributed by atoms with E-state index >= 15 is 0 Å². The molecule has 3 rings (SSSR count). The van der Waals surface area contributed by atoms with Crippen molar-refractivity contribution in [1.29, 1.82) is 0 Å². The smallest absolute Gasteiger partial charge is 0.262 e. The van der Waals surface area contributed by atoms with Gasteiger partial charge in [-0.05, 0) is 67.9 Å². The van der Waals surface area contributed by atoms with E-state index in [0.717, 1.165) is 0 Å². The lowest BCUT2D eigenvalue weighted by Gasteiger charge is -2.13. The normalized spacial score (nSPS) is 11.0. The van der Waals surface area contributed by atoms with E-state index in [9.17, 15) is 13.2 Å². The van der Waals surface area contributed by atoms with E-state index in [0.29, 0.717) is 29.3 Å². The van der Waals surface area contributed by atoms with Crippen molar-refractivity contribution in [3.05, 3.63) is 83.9 Å². The first-order valence-electron chi connectivity index (χ1n) is 9.12. The molecule has 2 N–H and O–H groups in total. The second-order valence-electron chi connectivity index (χ2n) is 6.36. The Hall–Kier alpha value is -3.32. The Balaban J connectivity index is 1.83. The molecule has 0 radical (unpaired) electrons. The number of nitrogens with one attached hydrogen (secondary N) is 2. The molecule has 0 spiro atoms. The van der Waals surface area contributed by atoms with Crippen molar-refractivity contribution in [3.63, 3.8) is 0 Å². The van der Waals surface area contributed by atoms with Crippen LogP contribution < -0.4 is 14.8 Å². The lowest BCUT2D eigenvalue weighted by Crippen LogP contribution is -2.17. The van der Waals surface area contributed by atoms with Crippen LogP contribution in [0.15, 0.2) is 77.7 Å². The van der Waals surface area contributed by atoms with Gasteiger partial charge in [-0.3, -0.25) is 9.52 Å². The van der Waals surface area contributed by atoms with Crippen molar-refractivity contribution < 1.29 is 17.9 Å². The summed E-state index contributed by atoms with van der Waals surface area (Å²) >= 11 is 0. The zero-order valence-corrected chi connectivity index (χ0v) is 17.0. The molecule has 7 heteroatoms. The van der Waals surface area contributed by atoms with Gasteiger partial charge in [-0.15, -0.1) is 0 Å². The summed E-state index contributed by atoms with van der Waals surface area (Å²) in [5, 5.41) is 2.76. The van der Waals surface area contributed by atoms with Crippen molar-refractivity contribution in [3.8, 4) is 5.75 Å². The minimum absolute atomic E-state index is 0.0482. The van der Waals surface area contributed by atoms with Gasteiger partial charge in [0.2, 0.25) is 0 Å². The molecule has 0 unspecified atom stereocenters. The third-order valence-electron chi connectivity index (χ3n) is 4.19. The highest BCUT2D eigenvalue weighted by molar-refractivity contribution is 7.92. The zero-order chi connectivity index (χ0) is 20.9. The Labute approximate surface area is 170 Å². The fourth-order valence-corrected chi connectivity index (χ4v) is 4.08. The second kappa shape index (κ2) is 8.79. The molecule has 0 heterocycles. The molecular formula is C22H22N2O4S. The van der Waals surface area contributed by atoms with E-state index in [4.69, 9.17) is 4.74 Å². The van der Waals surface area contributed by atoms with Gasteiger partial charge in [-0.2, -0.15) is 0 Å². The molecule has 3 aromatic carbocycles. The molecule has 150 valence electrons. The number of hydrogen-bond donors (Lipinski definition) is 2. The lowest BCUT2D eigenvalue weighted by atomic mass is 10.1. The molecule has 3 aromatic rings. The maximum atomic E-state index is 12.9. The first-order chi connectivity index (χ1) is 13.9. The number of aryl methyl sites for hydroxylation is 1. The van der Waals surface area contributed by atoms with Crippen LogP contribution in [0.25, 0.3) is 0 Å². The van der Waals surface area contributed by atoms with Crippen LogP contribution in [0.2, 0.25) is 0 Å². The molecule has 29 heavy (non-hydrogen) atoms. The van der Waals surface area contributed by atoms with Gasteiger partial charge in [0.1, 0.15) is 5.75 Å². The summed E-state index contributed by atoms with van der Waals surface area (Å²) in [4.78, 5) is 12.6. The quantitative estimate of drug-likeness (QED) is 0.603. The average Bonchev–Trinajstić information content (AvgIpc) is 2.70. The fourth-order valence-electron chi connectivity index (χ4n) is 2.75. The molecule has 0 aliphatic heterocycles. The number of carbonyl (C=O) groups excluding carboxylic acids is 1. The molecule has 6 nitrogen and oxygen atoms in total. The number of amides is 1. The summed E-state index contributed by atoms with van der Waals surface area (Å²) in [6, 6.07) is 20.2. The van der Waals surface area contributed by atoms with Crippen LogP contribution in [0.3, 0.4) is 0 Å². The summed E-state index contributed by atoms with van der Waals surface area (Å²) in [6.07, 6.45) is 0. The third-order valence-corrected chi connectivity index (χ3v) is 5.71. The van der Waals surface area contributed by atoms with E-state index in [-0.39, 0.29) is 16.4 Å². The van der Waals surface area contributed by atoms with Gasteiger partial charge in [0.05, 0.1) is 11.5 Å². The number of benzene rings is 3. The van der Waals surface area contributed by atoms with E-state index in [2.05, 4.69) is 10.0 Å². The monoisotopic (exact) mass is 410 g/mol. The first-order valence-corrected chi connectivity index (χ1v) is 10.6. The number of rotatable bonds is 7. The Kier molecular flexibility index (Phi) is 6.19. The number of ether oxygens (including phenoxy) is 1. The molecule has 0 aromatic heterocycles. The third kappa shape index (κ3) is 5.14.